The van der Waals surface area contributed by atoms with Gasteiger partial charge in [-0.3, -0.25) is 4.90 Å². The molecule has 3 heteroatoms. The number of carbonyl (C=O) groups is 1. The molecule has 1 aromatic carbocycles. The Morgan fingerprint density at radius 1 is 1.40 bits per heavy atom. The van der Waals surface area contributed by atoms with Gasteiger partial charge in [-0.25, -0.2) is 4.79 Å². The number of aliphatic carboxylic acids is 1. The van der Waals surface area contributed by atoms with Crippen LogP contribution < -0.4 is 0 Å². The number of benzene rings is 1. The summed E-state index contributed by atoms with van der Waals surface area (Å²) < 4.78 is 0. The highest BCUT2D eigenvalue weighted by Crippen LogP contribution is 2.12. The quantitative estimate of drug-likeness (QED) is 0.736. The minimum absolute atomic E-state index is 0.699. The van der Waals surface area contributed by atoms with Gasteiger partial charge < -0.3 is 5.11 Å². The summed E-state index contributed by atoms with van der Waals surface area (Å²) in [6, 6.07) is 8.05. The van der Waals surface area contributed by atoms with Crippen LogP contribution in [0.1, 0.15) is 38.3 Å². The maximum absolute atomic E-state index is 10.5. The fourth-order valence-corrected chi connectivity index (χ4v) is 2.10. The molecule has 0 saturated heterocycles. The highest BCUT2D eigenvalue weighted by atomic mass is 16.4. The highest BCUT2D eigenvalue weighted by molar-refractivity contribution is 5.85. The monoisotopic (exact) mass is 275 g/mol. The van der Waals surface area contributed by atoms with Gasteiger partial charge in [-0.1, -0.05) is 51.5 Å². The molecule has 1 aromatic rings. The summed E-state index contributed by atoms with van der Waals surface area (Å²) in [6.45, 7) is 9.71. The molecule has 0 heterocycles. The van der Waals surface area contributed by atoms with Crippen molar-refractivity contribution < 1.29 is 9.90 Å². The summed E-state index contributed by atoms with van der Waals surface area (Å²) in [4.78, 5) is 13.0. The van der Waals surface area contributed by atoms with E-state index in [9.17, 15) is 4.79 Å². The second kappa shape index (κ2) is 8.54. The van der Waals surface area contributed by atoms with Crippen LogP contribution in [0.2, 0.25) is 0 Å². The molecule has 0 aliphatic heterocycles. The van der Waals surface area contributed by atoms with Crippen molar-refractivity contribution in [2.75, 3.05) is 13.1 Å². The van der Waals surface area contributed by atoms with Crippen molar-refractivity contribution in [1.82, 2.24) is 4.90 Å². The fourth-order valence-electron chi connectivity index (χ4n) is 2.10. The molecule has 0 fully saturated rings. The molecule has 0 spiro atoms. The Morgan fingerprint density at radius 2 is 2.15 bits per heavy atom. The maximum atomic E-state index is 10.5. The lowest BCUT2D eigenvalue weighted by molar-refractivity contribution is -0.131. The first kappa shape index (κ1) is 16.4. The van der Waals surface area contributed by atoms with Crippen molar-refractivity contribution in [3.8, 4) is 0 Å². The topological polar surface area (TPSA) is 40.5 Å². The summed E-state index contributed by atoms with van der Waals surface area (Å²) in [5.74, 6) is -0.215. The largest absolute Gasteiger partial charge is 0.478 e. The minimum Gasteiger partial charge on any atom is -0.478 e. The molecule has 0 bridgehead atoms. The molecule has 1 N–H and O–H groups in total. The van der Waals surface area contributed by atoms with Gasteiger partial charge in [0.25, 0.3) is 0 Å². The van der Waals surface area contributed by atoms with E-state index in [4.69, 9.17) is 5.11 Å². The Bertz CT molecular complexity index is 454. The third-order valence-electron chi connectivity index (χ3n) is 3.49. The van der Waals surface area contributed by atoms with E-state index in [0.29, 0.717) is 5.92 Å². The SMILES string of the molecule is CCC(C)CN(CC)Cc1cccc(C=CC(=O)O)c1. The van der Waals surface area contributed by atoms with Crippen molar-refractivity contribution in [2.45, 2.75) is 33.7 Å². The van der Waals surface area contributed by atoms with Gasteiger partial charge in [0.05, 0.1) is 0 Å². The minimum atomic E-state index is -0.914. The predicted octanol–water partition coefficient (Wildman–Crippen LogP) is 3.65. The van der Waals surface area contributed by atoms with E-state index in [-0.39, 0.29) is 0 Å². The highest BCUT2D eigenvalue weighted by Gasteiger charge is 2.08. The van der Waals surface area contributed by atoms with Gasteiger partial charge in [0, 0.05) is 19.2 Å². The molecule has 3 nitrogen and oxygen atoms in total. The van der Waals surface area contributed by atoms with Crippen LogP contribution in [0, 0.1) is 5.92 Å². The molecule has 1 rings (SSSR count). The van der Waals surface area contributed by atoms with Crippen LogP contribution in [-0.4, -0.2) is 29.1 Å². The van der Waals surface area contributed by atoms with Gasteiger partial charge >= 0.3 is 5.97 Å². The van der Waals surface area contributed by atoms with Gasteiger partial charge in [0.2, 0.25) is 0 Å². The standard InChI is InChI=1S/C17H25NO2/c1-4-14(3)12-18(5-2)13-16-8-6-7-15(11-16)9-10-17(19)20/h6-11,14H,4-5,12-13H2,1-3H3,(H,19,20). The summed E-state index contributed by atoms with van der Waals surface area (Å²) in [6.07, 6.45) is 4.00. The first-order chi connectivity index (χ1) is 9.55. The number of rotatable bonds is 8. The molecule has 1 unspecified atom stereocenters. The number of carboxylic acids is 1. The molecule has 110 valence electrons. The van der Waals surface area contributed by atoms with Gasteiger partial charge in [0.15, 0.2) is 0 Å². The Morgan fingerprint density at radius 3 is 2.75 bits per heavy atom. The van der Waals surface area contributed by atoms with E-state index in [2.05, 4.69) is 37.8 Å². The molecule has 0 aliphatic rings. The molecule has 20 heavy (non-hydrogen) atoms. The van der Waals surface area contributed by atoms with E-state index in [0.717, 1.165) is 25.2 Å². The molecular weight excluding hydrogens is 250 g/mol. The van der Waals surface area contributed by atoms with Crippen LogP contribution in [-0.2, 0) is 11.3 Å². The summed E-state index contributed by atoms with van der Waals surface area (Å²) in [5, 5.41) is 8.66. The van der Waals surface area contributed by atoms with Crippen molar-refractivity contribution in [3.63, 3.8) is 0 Å². The van der Waals surface area contributed by atoms with E-state index in [1.165, 1.54) is 18.1 Å². The summed E-state index contributed by atoms with van der Waals surface area (Å²) >= 11 is 0. The van der Waals surface area contributed by atoms with Gasteiger partial charge in [-0.15, -0.1) is 0 Å². The first-order valence-corrected chi connectivity index (χ1v) is 7.27. The van der Waals surface area contributed by atoms with Crippen molar-refractivity contribution in [3.05, 3.63) is 41.5 Å². The zero-order chi connectivity index (χ0) is 15.0. The Labute approximate surface area is 121 Å². The smallest absolute Gasteiger partial charge is 0.328 e. The summed E-state index contributed by atoms with van der Waals surface area (Å²) in [5.41, 5.74) is 2.16. The van der Waals surface area contributed by atoms with Gasteiger partial charge in [0.1, 0.15) is 0 Å². The molecule has 1 atom stereocenters. The van der Waals surface area contributed by atoms with Crippen LogP contribution in [0.25, 0.3) is 6.08 Å². The molecule has 0 amide bonds. The normalized spacial score (nSPS) is 13.0. The van der Waals surface area contributed by atoms with E-state index in [1.54, 1.807) is 6.08 Å². The Hall–Kier alpha value is -1.61. The third-order valence-corrected chi connectivity index (χ3v) is 3.49. The first-order valence-electron chi connectivity index (χ1n) is 7.27. The van der Waals surface area contributed by atoms with Crippen molar-refractivity contribution in [1.29, 1.82) is 0 Å². The number of carboxylic acid groups (broad SMARTS) is 1. The van der Waals surface area contributed by atoms with E-state index < -0.39 is 5.97 Å². The zero-order valence-corrected chi connectivity index (χ0v) is 12.7. The lowest BCUT2D eigenvalue weighted by Crippen LogP contribution is -2.27. The van der Waals surface area contributed by atoms with Crippen LogP contribution in [0.4, 0.5) is 0 Å². The average Bonchev–Trinajstić information content (AvgIpc) is 2.44. The second-order valence-electron chi connectivity index (χ2n) is 5.26. The molecule has 0 aliphatic carbocycles. The van der Waals surface area contributed by atoms with Gasteiger partial charge in [-0.05, 0) is 29.7 Å². The van der Waals surface area contributed by atoms with Gasteiger partial charge in [-0.2, -0.15) is 0 Å². The average molecular weight is 275 g/mol. The molecule has 0 radical (unpaired) electrons. The molecular formula is C17H25NO2. The maximum Gasteiger partial charge on any atom is 0.328 e. The summed E-state index contributed by atoms with van der Waals surface area (Å²) in [7, 11) is 0. The number of hydrogen-bond acceptors (Lipinski definition) is 2. The van der Waals surface area contributed by atoms with E-state index in [1.807, 2.05) is 12.1 Å². The second-order valence-corrected chi connectivity index (χ2v) is 5.26. The molecule has 0 aromatic heterocycles. The third kappa shape index (κ3) is 6.02. The molecule has 0 saturated carbocycles. The van der Waals surface area contributed by atoms with Crippen LogP contribution in [0.15, 0.2) is 30.3 Å². The fraction of sp³-hybridized carbons (Fsp3) is 0.471. The van der Waals surface area contributed by atoms with Crippen LogP contribution in [0.5, 0.6) is 0 Å². The number of hydrogen-bond donors (Lipinski definition) is 1. The van der Waals surface area contributed by atoms with Crippen molar-refractivity contribution in [2.24, 2.45) is 5.92 Å². The lowest BCUT2D eigenvalue weighted by Gasteiger charge is -2.23. The predicted molar refractivity (Wildman–Crippen MR) is 83.5 cm³/mol. The number of nitrogens with zero attached hydrogens (tertiary/aromatic N) is 1. The van der Waals surface area contributed by atoms with Crippen molar-refractivity contribution >= 4 is 12.0 Å². The van der Waals surface area contributed by atoms with E-state index >= 15 is 0 Å². The van der Waals surface area contributed by atoms with Crippen LogP contribution >= 0.6 is 0 Å². The zero-order valence-electron chi connectivity index (χ0n) is 12.7. The van der Waals surface area contributed by atoms with Crippen LogP contribution in [0.3, 0.4) is 0 Å². The Balaban J connectivity index is 2.71. The Kier molecular flexibility index (Phi) is 7.02. The lowest BCUT2D eigenvalue weighted by atomic mass is 10.1.